The van der Waals surface area contributed by atoms with Crippen LogP contribution in [0.25, 0.3) is 0 Å². The number of nitrogens with zero attached hydrogens (tertiary/aromatic N) is 3. The summed E-state index contributed by atoms with van der Waals surface area (Å²) in [5.41, 5.74) is 11.0. The van der Waals surface area contributed by atoms with Gasteiger partial charge < -0.3 is 16.4 Å². The number of anilines is 2. The van der Waals surface area contributed by atoms with E-state index in [0.29, 0.717) is 30.9 Å². The second-order valence-corrected chi connectivity index (χ2v) is 7.99. The Morgan fingerprint density at radius 1 is 1.38 bits per heavy atom. The van der Waals surface area contributed by atoms with Crippen LogP contribution in [-0.4, -0.2) is 50.2 Å². The summed E-state index contributed by atoms with van der Waals surface area (Å²) in [6.45, 7) is 1.12. The van der Waals surface area contributed by atoms with E-state index < -0.39 is 10.0 Å². The number of amides is 1. The van der Waals surface area contributed by atoms with Crippen LogP contribution in [0.4, 0.5) is 10.8 Å². The molecule has 1 aromatic heterocycles. The number of hydrogen-bond donors (Lipinski definition) is 2. The minimum absolute atomic E-state index is 0.0146. The summed E-state index contributed by atoms with van der Waals surface area (Å²) in [5.74, 6) is -0.444. The number of aromatic nitrogens is 1. The van der Waals surface area contributed by atoms with Crippen molar-refractivity contribution >= 4 is 38.3 Å². The second-order valence-electron chi connectivity index (χ2n) is 5.15. The van der Waals surface area contributed by atoms with Crippen molar-refractivity contribution in [2.45, 2.75) is 17.7 Å². The van der Waals surface area contributed by atoms with Gasteiger partial charge in [0.05, 0.1) is 0 Å². The Balaban J connectivity index is 2.29. The van der Waals surface area contributed by atoms with Gasteiger partial charge in [-0.25, -0.2) is 12.7 Å². The molecule has 10 heteroatoms. The van der Waals surface area contributed by atoms with Crippen molar-refractivity contribution in [1.82, 2.24) is 8.68 Å². The lowest BCUT2D eigenvalue weighted by atomic mass is 9.96. The Kier molecular flexibility index (Phi) is 4.40. The molecule has 0 unspecified atom stereocenters. The van der Waals surface area contributed by atoms with Gasteiger partial charge in [0.2, 0.25) is 15.9 Å². The van der Waals surface area contributed by atoms with E-state index in [1.165, 1.54) is 14.1 Å². The van der Waals surface area contributed by atoms with Crippen LogP contribution in [0.15, 0.2) is 4.90 Å². The minimum atomic E-state index is -3.65. The van der Waals surface area contributed by atoms with Crippen molar-refractivity contribution in [1.29, 1.82) is 0 Å². The van der Waals surface area contributed by atoms with Gasteiger partial charge in [-0.1, -0.05) is 0 Å². The molecule has 0 bridgehead atoms. The number of primary amides is 1. The largest absolute Gasteiger partial charge is 0.382 e. The molecule has 0 aromatic carbocycles. The van der Waals surface area contributed by atoms with Crippen LogP contribution < -0.4 is 16.4 Å². The molecule has 0 aliphatic carbocycles. The molecule has 1 aliphatic rings. The van der Waals surface area contributed by atoms with Gasteiger partial charge >= 0.3 is 0 Å². The summed E-state index contributed by atoms with van der Waals surface area (Å²) in [4.78, 5) is 13.1. The van der Waals surface area contributed by atoms with Gasteiger partial charge in [0, 0.05) is 33.1 Å². The molecule has 1 aliphatic heterocycles. The van der Waals surface area contributed by atoms with Crippen LogP contribution in [0.1, 0.15) is 12.8 Å². The summed E-state index contributed by atoms with van der Waals surface area (Å²) in [6.07, 6.45) is 1.21. The van der Waals surface area contributed by atoms with E-state index in [1.54, 1.807) is 0 Å². The Bertz CT molecular complexity index is 632. The Morgan fingerprint density at radius 3 is 2.43 bits per heavy atom. The van der Waals surface area contributed by atoms with Crippen LogP contribution in [0.2, 0.25) is 0 Å². The molecule has 1 saturated heterocycles. The molecule has 8 nitrogen and oxygen atoms in total. The van der Waals surface area contributed by atoms with Gasteiger partial charge in [0.25, 0.3) is 0 Å². The normalized spacial score (nSPS) is 17.4. The fourth-order valence-electron chi connectivity index (χ4n) is 2.28. The molecule has 4 N–H and O–H groups in total. The molecular formula is C11H19N5O3S2. The number of nitrogens with two attached hydrogens (primary N) is 2. The standard InChI is InChI=1S/C11H19N5O3S2/c1-15(2)21(18,19)8-9(12)14-20-11(8)16-5-3-7(4-6-16)10(13)17/h7H,3-6H2,1-2H3,(H2,12,14)(H2,13,17). The van der Waals surface area contributed by atoms with E-state index in [4.69, 9.17) is 11.5 Å². The first-order chi connectivity index (χ1) is 9.75. The smallest absolute Gasteiger partial charge is 0.249 e. The highest BCUT2D eigenvalue weighted by Crippen LogP contribution is 2.37. The third kappa shape index (κ3) is 2.97. The summed E-state index contributed by atoms with van der Waals surface area (Å²) in [5, 5.41) is 0.532. The Morgan fingerprint density at radius 2 is 1.95 bits per heavy atom. The van der Waals surface area contributed by atoms with Gasteiger partial charge in [-0.15, -0.1) is 0 Å². The zero-order chi connectivity index (χ0) is 15.8. The lowest BCUT2D eigenvalue weighted by molar-refractivity contribution is -0.122. The van der Waals surface area contributed by atoms with E-state index in [0.717, 1.165) is 15.8 Å². The van der Waals surface area contributed by atoms with Crippen LogP contribution in [-0.2, 0) is 14.8 Å². The van der Waals surface area contributed by atoms with Crippen LogP contribution in [0, 0.1) is 5.92 Å². The summed E-state index contributed by atoms with van der Waals surface area (Å²) >= 11 is 1.07. The molecule has 118 valence electrons. The van der Waals surface area contributed by atoms with Gasteiger partial charge in [0.1, 0.15) is 5.00 Å². The third-order valence-corrected chi connectivity index (χ3v) is 6.51. The fraction of sp³-hybridized carbons (Fsp3) is 0.636. The van der Waals surface area contributed by atoms with Crippen molar-refractivity contribution in [3.63, 3.8) is 0 Å². The van der Waals surface area contributed by atoms with Crippen molar-refractivity contribution in [2.24, 2.45) is 11.7 Å². The van der Waals surface area contributed by atoms with Crippen molar-refractivity contribution in [2.75, 3.05) is 37.8 Å². The molecule has 21 heavy (non-hydrogen) atoms. The molecular weight excluding hydrogens is 314 g/mol. The number of piperidine rings is 1. The van der Waals surface area contributed by atoms with Gasteiger partial charge in [-0.3, -0.25) is 4.79 Å². The van der Waals surface area contributed by atoms with Crippen molar-refractivity contribution in [3.05, 3.63) is 0 Å². The van der Waals surface area contributed by atoms with Gasteiger partial charge in [-0.05, 0) is 24.4 Å². The number of sulfonamides is 1. The fourth-order valence-corrected chi connectivity index (χ4v) is 4.55. The molecule has 1 aromatic rings. The number of carbonyl (C=O) groups excluding carboxylic acids is 1. The molecule has 1 fully saturated rings. The van der Waals surface area contributed by atoms with E-state index in [1.807, 2.05) is 4.90 Å². The van der Waals surface area contributed by atoms with Crippen LogP contribution in [0.3, 0.4) is 0 Å². The predicted octanol–water partition coefficient (Wildman–Crippen LogP) is -0.323. The molecule has 2 rings (SSSR count). The van der Waals surface area contributed by atoms with E-state index in [2.05, 4.69) is 4.37 Å². The molecule has 2 heterocycles. The molecule has 0 spiro atoms. The highest BCUT2D eigenvalue weighted by Gasteiger charge is 2.32. The summed E-state index contributed by atoms with van der Waals surface area (Å²) < 4.78 is 29.8. The zero-order valence-corrected chi connectivity index (χ0v) is 13.6. The van der Waals surface area contributed by atoms with Gasteiger partial charge in [-0.2, -0.15) is 4.37 Å². The molecule has 1 amide bonds. The SMILES string of the molecule is CN(C)S(=O)(=O)c1c(N)nsc1N1CCC(C(N)=O)CC1. The summed E-state index contributed by atoms with van der Waals surface area (Å²) in [7, 11) is -0.743. The van der Waals surface area contributed by atoms with Gasteiger partial charge in [0.15, 0.2) is 10.7 Å². The topological polar surface area (TPSA) is 123 Å². The maximum absolute atomic E-state index is 12.4. The van der Waals surface area contributed by atoms with E-state index in [-0.39, 0.29) is 22.5 Å². The highest BCUT2D eigenvalue weighted by molar-refractivity contribution is 7.89. The zero-order valence-electron chi connectivity index (χ0n) is 11.9. The molecule has 0 saturated carbocycles. The molecule has 0 atom stereocenters. The third-order valence-electron chi connectivity index (χ3n) is 3.58. The maximum atomic E-state index is 12.4. The lowest BCUT2D eigenvalue weighted by Gasteiger charge is -2.31. The van der Waals surface area contributed by atoms with E-state index >= 15 is 0 Å². The van der Waals surface area contributed by atoms with E-state index in [9.17, 15) is 13.2 Å². The minimum Gasteiger partial charge on any atom is -0.382 e. The number of nitrogen functional groups attached to an aromatic ring is 1. The number of carbonyl (C=O) groups is 1. The van der Waals surface area contributed by atoms with Crippen LogP contribution >= 0.6 is 11.5 Å². The van der Waals surface area contributed by atoms with Crippen LogP contribution in [0.5, 0.6) is 0 Å². The first-order valence-electron chi connectivity index (χ1n) is 6.47. The number of hydrogen-bond acceptors (Lipinski definition) is 7. The lowest BCUT2D eigenvalue weighted by Crippen LogP contribution is -2.39. The Hall–Kier alpha value is -1.39. The quantitative estimate of drug-likeness (QED) is 0.778. The second kappa shape index (κ2) is 5.78. The average Bonchev–Trinajstić information content (AvgIpc) is 2.81. The predicted molar refractivity (Wildman–Crippen MR) is 81.5 cm³/mol. The van der Waals surface area contributed by atoms with Crippen molar-refractivity contribution in [3.8, 4) is 0 Å². The highest BCUT2D eigenvalue weighted by atomic mass is 32.2. The first-order valence-corrected chi connectivity index (χ1v) is 8.68. The monoisotopic (exact) mass is 333 g/mol. The average molecular weight is 333 g/mol. The maximum Gasteiger partial charge on any atom is 0.249 e. The molecule has 0 radical (unpaired) electrons. The van der Waals surface area contributed by atoms with Crippen molar-refractivity contribution < 1.29 is 13.2 Å². The first kappa shape index (κ1) is 16.0. The summed E-state index contributed by atoms with van der Waals surface area (Å²) in [6, 6.07) is 0. The Labute approximate surface area is 127 Å². The number of rotatable bonds is 4.